The molecule has 780 valence electrons. The Labute approximate surface area is 861 Å². The van der Waals surface area contributed by atoms with Crippen LogP contribution in [0.15, 0.2) is 206 Å². The summed E-state index contributed by atoms with van der Waals surface area (Å²) in [4.78, 5) is 173. The van der Waals surface area contributed by atoms with Crippen LogP contribution in [0.2, 0.25) is 0 Å². The van der Waals surface area contributed by atoms with E-state index in [1.165, 1.54) is 54.6 Å². The van der Waals surface area contributed by atoms with Crippen LogP contribution in [0.5, 0.6) is 69.0 Å². The quantitative estimate of drug-likeness (QED) is 0.00956. The maximum atomic E-state index is 16.2. The number of hydrogen-bond donors (Lipinski definition) is 13. The second-order valence-electron chi connectivity index (χ2n) is 39.9. The number of phenolic OH excluding ortho intramolecular Hbond substituents is 12. The lowest BCUT2D eigenvalue weighted by Gasteiger charge is -2.35. The normalized spacial score (nSPS) is 11.5. The van der Waals surface area contributed by atoms with Crippen LogP contribution >= 0.6 is 0 Å². The van der Waals surface area contributed by atoms with E-state index in [-0.39, 0.29) is 311 Å². The second kappa shape index (κ2) is 59.3. The molecule has 0 atom stereocenters. The van der Waals surface area contributed by atoms with Gasteiger partial charge in [-0.3, -0.25) is 57.5 Å². The van der Waals surface area contributed by atoms with Gasteiger partial charge in [0.1, 0.15) is 86.5 Å². The van der Waals surface area contributed by atoms with Gasteiger partial charge in [0.25, 0.3) is 5.91 Å². The molecule has 0 saturated heterocycles. The molecule has 10 rings (SSSR count). The zero-order chi connectivity index (χ0) is 106. The van der Waals surface area contributed by atoms with Gasteiger partial charge in [-0.1, -0.05) is 91.0 Å². The van der Waals surface area contributed by atoms with Gasteiger partial charge in [-0.05, 0) is 362 Å². The van der Waals surface area contributed by atoms with Crippen LogP contribution in [0.1, 0.15) is 330 Å². The second-order valence-corrected chi connectivity index (χ2v) is 39.9. The molecule has 0 aromatic heterocycles. The van der Waals surface area contributed by atoms with Crippen LogP contribution in [0.4, 0.5) is 0 Å². The zero-order valence-electron chi connectivity index (χ0n) is 84.3. The fraction of sp³-hybridized carbons (Fsp3) is 0.410. The van der Waals surface area contributed by atoms with Crippen molar-refractivity contribution in [3.63, 3.8) is 0 Å². The molecule has 0 spiro atoms. The summed E-state index contributed by atoms with van der Waals surface area (Å²) in [6.07, 6.45) is 9.91. The topological polar surface area (TPSA) is 460 Å². The Morgan fingerprint density at radius 1 is 0.190 bits per heavy atom. The van der Waals surface area contributed by atoms with Crippen molar-refractivity contribution >= 4 is 69.5 Å². The van der Waals surface area contributed by atoms with Crippen molar-refractivity contribution in [3.8, 4) is 69.0 Å². The summed E-state index contributed by atoms with van der Waals surface area (Å²) in [6, 6.07) is 54.6. The molecule has 0 aliphatic heterocycles. The van der Waals surface area contributed by atoms with E-state index in [9.17, 15) is 104 Å². The minimum absolute atomic E-state index is 0.00728. The number of amides is 1. The van der Waals surface area contributed by atoms with E-state index < -0.39 is 28.4 Å². The molecule has 0 heterocycles. The Morgan fingerprint density at radius 2 is 0.415 bits per heavy atom. The van der Waals surface area contributed by atoms with Gasteiger partial charge >= 0.3 is 0 Å². The Bertz CT molecular complexity index is 5710. The van der Waals surface area contributed by atoms with Gasteiger partial charge < -0.3 is 66.6 Å². The van der Waals surface area contributed by atoms with Crippen molar-refractivity contribution in [1.82, 2.24) is 5.32 Å². The number of carbonyl (C=O) groups is 12. The first-order valence-corrected chi connectivity index (χ1v) is 52.0. The van der Waals surface area contributed by atoms with Crippen LogP contribution in [0.25, 0.3) is 0 Å². The zero-order valence-corrected chi connectivity index (χ0v) is 84.3. The van der Waals surface area contributed by atoms with Crippen LogP contribution in [-0.2, 0) is 114 Å². The third-order valence-corrected chi connectivity index (χ3v) is 28.1. The third-order valence-electron chi connectivity index (χ3n) is 28.1. The maximum absolute atomic E-state index is 16.2. The fourth-order valence-electron chi connectivity index (χ4n) is 19.0. The minimum atomic E-state index is -1.50. The van der Waals surface area contributed by atoms with Crippen molar-refractivity contribution < 1.29 is 119 Å². The molecule has 25 nitrogen and oxygen atoms in total. The lowest BCUT2D eigenvalue weighted by atomic mass is 9.69. The average Bonchev–Trinajstić information content (AvgIpc) is 0.798. The smallest absolute Gasteiger partial charge is 0.251 e. The monoisotopic (exact) mass is 2010 g/mol. The number of nitrogens with one attached hydrogen (secondary N) is 1. The standard InChI is InChI=1S/C122H143NO24/c124-97(22-7-16-87-32-45-92(114(141)74-87)47-57-98(125)23-8-17-88-33-46-93(115(142)75-88)48-58-99(126)24-9-18-89-42-59-111(138)116(143)76-89)21-1-2-31-110(137)94-79-95(119(146)82-121(68-62-100(127)25-3-12-83-34-49-106(133)50-35-83,69-63-101(128)26-4-13-84-36-51-107(134)52-37-84)70-64-102(129)29-10-19-90-43-60-112(139)117(144)77-90)81-96(80-94)120(147)123-122(71-65-103(130)27-5-14-85-38-53-108(135)54-39-85,72-66-104(131)28-6-15-86-40-55-109(136)56-41-86)73-67-105(132)30-11-20-91-44-61-113(140)118(145)78-91/h32-46,49-56,59-61,74-81,133-136,138-145H,1-31,47-48,57-58,62-73,82H2,(H,123,147). The van der Waals surface area contributed by atoms with Crippen LogP contribution in [0, 0.1) is 5.41 Å². The van der Waals surface area contributed by atoms with Crippen molar-refractivity contribution in [2.45, 2.75) is 314 Å². The van der Waals surface area contributed by atoms with Gasteiger partial charge in [-0.2, -0.15) is 0 Å². The Morgan fingerprint density at radius 3 is 0.701 bits per heavy atom. The van der Waals surface area contributed by atoms with Gasteiger partial charge in [0.2, 0.25) is 0 Å². The first kappa shape index (κ1) is 115. The first-order chi connectivity index (χ1) is 70.6. The van der Waals surface area contributed by atoms with Crippen LogP contribution in [0.3, 0.4) is 0 Å². The molecule has 10 aromatic rings. The van der Waals surface area contributed by atoms with Crippen LogP contribution in [-0.4, -0.2) is 136 Å². The molecule has 10 aromatic carbocycles. The summed E-state index contributed by atoms with van der Waals surface area (Å²) >= 11 is 0. The third kappa shape index (κ3) is 41.2. The fourth-order valence-corrected chi connectivity index (χ4v) is 19.0. The summed E-state index contributed by atoms with van der Waals surface area (Å²) in [5.41, 5.74) is 5.40. The van der Waals surface area contributed by atoms with E-state index in [0.29, 0.717) is 157 Å². The van der Waals surface area contributed by atoms with E-state index in [0.717, 1.165) is 38.9 Å². The molecule has 0 fully saturated rings. The van der Waals surface area contributed by atoms with Gasteiger partial charge in [0, 0.05) is 151 Å². The van der Waals surface area contributed by atoms with E-state index in [1.54, 1.807) is 140 Å². The molecule has 147 heavy (non-hydrogen) atoms. The Balaban J connectivity index is 0.877. The molecule has 25 heteroatoms. The average molecular weight is 2010 g/mol. The van der Waals surface area contributed by atoms with E-state index in [4.69, 9.17) is 0 Å². The van der Waals surface area contributed by atoms with Crippen molar-refractivity contribution in [2.75, 3.05) is 0 Å². The number of benzene rings is 10. The lowest BCUT2D eigenvalue weighted by molar-refractivity contribution is -0.122. The van der Waals surface area contributed by atoms with Crippen molar-refractivity contribution in [2.24, 2.45) is 5.41 Å². The van der Waals surface area contributed by atoms with Gasteiger partial charge in [-0.15, -0.1) is 0 Å². The molecule has 1 amide bonds. The number of rotatable bonds is 71. The molecule has 0 radical (unpaired) electrons. The Kier molecular flexibility index (Phi) is 46.2. The minimum Gasteiger partial charge on any atom is -0.508 e. The number of phenols is 12. The highest BCUT2D eigenvalue weighted by atomic mass is 16.3. The summed E-state index contributed by atoms with van der Waals surface area (Å²) in [7, 11) is 0. The number of unbranched alkanes of at least 4 members (excludes halogenated alkanes) is 1. The van der Waals surface area contributed by atoms with Gasteiger partial charge in [0.15, 0.2) is 46.1 Å². The van der Waals surface area contributed by atoms with Crippen molar-refractivity contribution in [1.29, 1.82) is 0 Å². The van der Waals surface area contributed by atoms with Gasteiger partial charge in [0.05, 0.1) is 0 Å². The Hall–Kier alpha value is -14.4. The molecular formula is C122H143NO24. The van der Waals surface area contributed by atoms with E-state index >= 15 is 14.4 Å². The number of carbonyl (C=O) groups excluding carboxylic acids is 12. The number of aryl methyl sites for hydroxylation is 11. The lowest BCUT2D eigenvalue weighted by Crippen LogP contribution is -2.49. The predicted molar refractivity (Wildman–Crippen MR) is 562 cm³/mol. The molecule has 0 aliphatic rings. The first-order valence-electron chi connectivity index (χ1n) is 52.0. The highest BCUT2D eigenvalue weighted by molar-refractivity contribution is 6.06. The molecular weight excluding hydrogens is 1860 g/mol. The molecule has 13 N–H and O–H groups in total. The summed E-state index contributed by atoms with van der Waals surface area (Å²) in [5.74, 6) is -4.30. The van der Waals surface area contributed by atoms with Crippen LogP contribution < -0.4 is 5.32 Å². The predicted octanol–water partition coefficient (Wildman–Crippen LogP) is 22.8. The SMILES string of the molecule is O=C(CCCCC(=O)c1cc(C(=O)CC(CCC(=O)CCCc2ccc(O)cc2)(CCC(=O)CCCc2ccc(O)cc2)CCC(=O)CCCc2ccc(O)c(O)c2)cc(C(=O)NC(CCC(=O)CCCc2ccc(O)cc2)(CCC(=O)CCCc2ccc(O)cc2)CCC(=O)CCCc2ccc(O)c(O)c2)c1)CCCc1ccc(CCC(=O)CCCc2ccc(CCC(=O)CCCc3ccc(O)c(O)c3)c(O)c2)c(O)c1. The van der Waals surface area contributed by atoms with Gasteiger partial charge in [-0.25, -0.2) is 0 Å². The molecule has 0 saturated carbocycles. The van der Waals surface area contributed by atoms with E-state index in [2.05, 4.69) is 5.32 Å². The highest BCUT2D eigenvalue weighted by Crippen LogP contribution is 2.43. The number of Topliss-reactive ketones (excluding diaryl/α,β-unsaturated/α-hetero) is 11. The maximum Gasteiger partial charge on any atom is 0.251 e. The molecule has 0 aliphatic carbocycles. The van der Waals surface area contributed by atoms with Crippen molar-refractivity contribution in [3.05, 3.63) is 284 Å². The van der Waals surface area contributed by atoms with E-state index in [1.807, 2.05) is 12.1 Å². The summed E-state index contributed by atoms with van der Waals surface area (Å²) in [5, 5.41) is 125. The highest BCUT2D eigenvalue weighted by Gasteiger charge is 2.38. The number of aromatic hydroxyl groups is 12. The largest absolute Gasteiger partial charge is 0.508 e. The summed E-state index contributed by atoms with van der Waals surface area (Å²) in [6.45, 7) is 0. The number of ketones is 11. The summed E-state index contributed by atoms with van der Waals surface area (Å²) < 4.78 is 0. The molecule has 0 bridgehead atoms. The number of hydrogen-bond acceptors (Lipinski definition) is 24. The molecule has 0 unspecified atom stereocenters.